The molecule has 19 N–H and O–H groups in total. The molecule has 0 fully saturated rings. The molecule has 24 nitrogen and oxygen atoms in total. The molecule has 0 spiro atoms. The van der Waals surface area contributed by atoms with Crippen LogP contribution in [0.4, 0.5) is 0 Å². The molecule has 0 aliphatic carbocycles. The topological polar surface area (TPSA) is 423 Å². The van der Waals surface area contributed by atoms with Crippen molar-refractivity contribution in [2.75, 3.05) is 32.0 Å². The number of carboxylic acids is 2. The molecule has 0 aromatic rings. The predicted molar refractivity (Wildman–Crippen MR) is 207 cm³/mol. The Kier molecular flexibility index (Phi) is 26.7. The Bertz CT molecular complexity index is 1330. The molecule has 7 atom stereocenters. The number of amides is 6. The van der Waals surface area contributed by atoms with E-state index in [1.54, 1.807) is 0 Å². The van der Waals surface area contributed by atoms with Crippen LogP contribution in [0.25, 0.3) is 0 Å². The van der Waals surface area contributed by atoms with Crippen molar-refractivity contribution in [1.82, 2.24) is 31.9 Å². The van der Waals surface area contributed by atoms with Crippen LogP contribution in [-0.4, -0.2) is 147 Å². The number of hydrogen-bond donors (Lipinski definition) is 16. The third kappa shape index (κ3) is 23.3. The standard InChI is InChI=1S/C31H59N10O14PS/c1-17(36-27(46)19(9-3-6-12-33)38-29(48)21(14-24(42)43)39-26(45)18(35)8-2-5-11-32)25(44)37-20(10-4-7-13-34)28(47)40-22(15-55-56(52,53)54)30(49)41-23(16-57)31(50)51/h17-23,52-54H,2-16,32-35H2,1H3,(H8-,36,37,38,39,40,41,42,43,44,45,46,47,48,49,50,51,57)/p+1/t17-,18-,19-,20-,21-,22-,23-/m0/s1. The van der Waals surface area contributed by atoms with Gasteiger partial charge in [0.1, 0.15) is 42.9 Å². The third-order valence-electron chi connectivity index (χ3n) is 8.07. The molecule has 0 bridgehead atoms. The van der Waals surface area contributed by atoms with Crippen LogP contribution < -0.4 is 54.8 Å². The molecule has 0 aliphatic rings. The van der Waals surface area contributed by atoms with Crippen molar-refractivity contribution in [2.24, 2.45) is 22.9 Å². The first-order valence-electron chi connectivity index (χ1n) is 18.2. The zero-order valence-corrected chi connectivity index (χ0v) is 33.6. The van der Waals surface area contributed by atoms with E-state index in [1.807, 2.05) is 0 Å². The van der Waals surface area contributed by atoms with Crippen LogP contribution in [0.15, 0.2) is 0 Å². The van der Waals surface area contributed by atoms with E-state index in [4.69, 9.17) is 22.9 Å². The van der Waals surface area contributed by atoms with Gasteiger partial charge in [0.05, 0.1) is 12.5 Å². The minimum absolute atomic E-state index is 0.0137. The van der Waals surface area contributed by atoms with E-state index in [0.717, 1.165) is 0 Å². The number of hydrogen-bond acceptors (Lipinski definition) is 17. The summed E-state index contributed by atoms with van der Waals surface area (Å²) >= 11 is 3.84. The zero-order valence-electron chi connectivity index (χ0n) is 31.8. The second kappa shape index (κ2) is 28.6. The minimum Gasteiger partial charge on any atom is -0.481 e. The summed E-state index contributed by atoms with van der Waals surface area (Å²) in [7, 11) is -4.93. The van der Waals surface area contributed by atoms with Crippen LogP contribution in [-0.2, 0) is 42.9 Å². The Balaban J connectivity index is 6.09. The van der Waals surface area contributed by atoms with Gasteiger partial charge in [-0.25, -0.2) is 4.79 Å². The highest BCUT2D eigenvalue weighted by molar-refractivity contribution is 7.80. The summed E-state index contributed by atoms with van der Waals surface area (Å²) in [4.78, 5) is 130. The maximum atomic E-state index is 13.4. The lowest BCUT2D eigenvalue weighted by Gasteiger charge is -2.26. The highest BCUT2D eigenvalue weighted by Crippen LogP contribution is 2.45. The molecular formula is C31H60N10O14PS+. The fourth-order valence-electron chi connectivity index (χ4n) is 4.86. The Labute approximate surface area is 335 Å². The molecule has 0 unspecified atom stereocenters. The fourth-order valence-corrected chi connectivity index (χ4v) is 5.46. The van der Waals surface area contributed by atoms with Gasteiger partial charge in [0.15, 0.2) is 0 Å². The van der Waals surface area contributed by atoms with Crippen molar-refractivity contribution in [3.8, 4) is 0 Å². The first-order chi connectivity index (χ1) is 26.7. The summed E-state index contributed by atoms with van der Waals surface area (Å²) < 4.78 is 4.48. The molecule has 0 rings (SSSR count). The van der Waals surface area contributed by atoms with Crippen molar-refractivity contribution in [3.63, 3.8) is 0 Å². The quantitative estimate of drug-likeness (QED) is 0.0176. The largest absolute Gasteiger partial charge is 0.567 e. The third-order valence-corrected chi connectivity index (χ3v) is 8.93. The molecule has 0 saturated carbocycles. The molecule has 0 heterocycles. The molecule has 0 saturated heterocycles. The summed E-state index contributed by atoms with van der Waals surface area (Å²) in [6.07, 6.45) is 1.79. The molecule has 6 amide bonds. The first-order valence-corrected chi connectivity index (χ1v) is 20.4. The smallest absolute Gasteiger partial charge is 0.481 e. The lowest BCUT2D eigenvalue weighted by Crippen LogP contribution is -2.60. The van der Waals surface area contributed by atoms with E-state index in [0.29, 0.717) is 38.6 Å². The number of carboxylic acid groups (broad SMARTS) is 2. The van der Waals surface area contributed by atoms with Crippen molar-refractivity contribution in [3.05, 3.63) is 0 Å². The van der Waals surface area contributed by atoms with Crippen molar-refractivity contribution in [1.29, 1.82) is 0 Å². The maximum absolute atomic E-state index is 13.4. The van der Waals surface area contributed by atoms with Gasteiger partial charge in [-0.15, -0.1) is 0 Å². The monoisotopic (exact) mass is 859 g/mol. The number of nitrogens with one attached hydrogen (secondary N) is 6. The van der Waals surface area contributed by atoms with E-state index in [2.05, 4.69) is 49.1 Å². The molecule has 0 aromatic heterocycles. The maximum Gasteiger partial charge on any atom is 0.567 e. The van der Waals surface area contributed by atoms with Gasteiger partial charge in [0.2, 0.25) is 35.4 Å². The SMILES string of the molecule is C[C@H](NC(=O)[C@H](CCCCN)NC(=O)[C@H](CC(=O)O)NC(=O)[C@@H](N)CCCCN)C(=O)N[C@@H](CCCCN)C(=O)N[C@@H](CO[P+](O)(O)O)C(=O)N[C@@H](CS)C(=O)O. The molecule has 0 aromatic carbocycles. The summed E-state index contributed by atoms with van der Waals surface area (Å²) in [6, 6.07) is -10.2. The normalized spacial score (nSPS) is 15.0. The zero-order chi connectivity index (χ0) is 43.7. The second-order valence-corrected chi connectivity index (χ2v) is 14.6. The van der Waals surface area contributed by atoms with E-state index in [1.165, 1.54) is 6.92 Å². The molecule has 328 valence electrons. The highest BCUT2D eigenvalue weighted by atomic mass is 32.1. The van der Waals surface area contributed by atoms with E-state index < -0.39 is 111 Å². The van der Waals surface area contributed by atoms with Crippen LogP contribution in [0, 0.1) is 0 Å². The fraction of sp³-hybridized carbons (Fsp3) is 0.742. The minimum atomic E-state index is -4.93. The number of unbranched alkanes of at least 4 members (excludes halogenated alkanes) is 3. The van der Waals surface area contributed by atoms with E-state index in [9.17, 15) is 63.2 Å². The average molecular weight is 860 g/mol. The number of carbonyl (C=O) groups is 8. The van der Waals surface area contributed by atoms with Gasteiger partial charge in [-0.05, 0) is 77.9 Å². The average Bonchev–Trinajstić information content (AvgIpc) is 3.13. The van der Waals surface area contributed by atoms with Gasteiger partial charge in [-0.3, -0.25) is 33.6 Å². The number of aliphatic carboxylic acids is 2. The lowest BCUT2D eigenvalue weighted by atomic mass is 10.1. The van der Waals surface area contributed by atoms with Crippen LogP contribution in [0.5, 0.6) is 0 Å². The molecule has 26 heteroatoms. The second-order valence-electron chi connectivity index (χ2n) is 12.9. The van der Waals surface area contributed by atoms with Crippen molar-refractivity contribution < 1.29 is 67.8 Å². The highest BCUT2D eigenvalue weighted by Gasteiger charge is 2.38. The Morgan fingerprint density at radius 2 is 0.982 bits per heavy atom. The first kappa shape index (κ1) is 53.2. The summed E-state index contributed by atoms with van der Waals surface area (Å²) in [5, 5.41) is 32.5. The summed E-state index contributed by atoms with van der Waals surface area (Å²) in [6.45, 7) is 1.02. The number of carbonyl (C=O) groups excluding carboxylic acids is 6. The summed E-state index contributed by atoms with van der Waals surface area (Å²) in [5.41, 5.74) is 22.5. The molecular weight excluding hydrogens is 799 g/mol. The van der Waals surface area contributed by atoms with Crippen LogP contribution in [0.1, 0.15) is 71.1 Å². The predicted octanol–water partition coefficient (Wildman–Crippen LogP) is -5.21. The van der Waals surface area contributed by atoms with E-state index in [-0.39, 0.29) is 44.5 Å². The molecule has 0 aliphatic heterocycles. The van der Waals surface area contributed by atoms with E-state index >= 15 is 0 Å². The number of rotatable bonds is 31. The molecule has 0 radical (unpaired) electrons. The van der Waals surface area contributed by atoms with Crippen LogP contribution in [0.2, 0.25) is 0 Å². The Morgan fingerprint density at radius 1 is 0.579 bits per heavy atom. The Hall–Kier alpha value is -3.78. The van der Waals surface area contributed by atoms with Crippen LogP contribution >= 0.6 is 20.8 Å². The van der Waals surface area contributed by atoms with Gasteiger partial charge in [0.25, 0.3) is 0 Å². The van der Waals surface area contributed by atoms with Gasteiger partial charge >= 0.3 is 20.1 Å². The van der Waals surface area contributed by atoms with Gasteiger partial charge in [-0.2, -0.15) is 31.8 Å². The number of nitrogens with two attached hydrogens (primary N) is 4. The van der Waals surface area contributed by atoms with Crippen molar-refractivity contribution >= 4 is 68.2 Å². The van der Waals surface area contributed by atoms with Gasteiger partial charge in [0, 0.05) is 5.75 Å². The van der Waals surface area contributed by atoms with Gasteiger partial charge < -0.3 is 65.0 Å². The van der Waals surface area contributed by atoms with Crippen molar-refractivity contribution in [2.45, 2.75) is 113 Å². The Morgan fingerprint density at radius 3 is 1.44 bits per heavy atom. The van der Waals surface area contributed by atoms with Crippen LogP contribution in [0.3, 0.4) is 0 Å². The molecule has 57 heavy (non-hydrogen) atoms. The van der Waals surface area contributed by atoms with Gasteiger partial charge in [-0.1, -0.05) is 6.42 Å². The summed E-state index contributed by atoms with van der Waals surface area (Å²) in [5.74, 6) is -9.12. The number of thiol groups is 1. The lowest BCUT2D eigenvalue weighted by molar-refractivity contribution is -0.142.